The molecule has 7 nitrogen and oxygen atoms in total. The Labute approximate surface area is 217 Å². The predicted octanol–water partition coefficient (Wildman–Crippen LogP) is 3.91. The molecule has 0 saturated carbocycles. The van der Waals surface area contributed by atoms with Crippen molar-refractivity contribution in [2.45, 2.75) is 64.1 Å². The van der Waals surface area contributed by atoms with E-state index < -0.39 is 22.5 Å². The number of aromatic nitrogens is 1. The van der Waals surface area contributed by atoms with Crippen molar-refractivity contribution in [3.05, 3.63) is 92.1 Å². The van der Waals surface area contributed by atoms with E-state index >= 15 is 0 Å². The molecular weight excluding hydrogens is 468 g/mol. The number of likely N-dealkylation sites (tertiary alicyclic amines) is 1. The van der Waals surface area contributed by atoms with Crippen LogP contribution < -0.4 is 5.56 Å². The first kappa shape index (κ1) is 25.5. The van der Waals surface area contributed by atoms with Gasteiger partial charge in [-0.3, -0.25) is 9.69 Å². The molecule has 3 atom stereocenters. The van der Waals surface area contributed by atoms with Crippen molar-refractivity contribution in [2.24, 2.45) is 5.41 Å². The van der Waals surface area contributed by atoms with Crippen LogP contribution in [0.3, 0.4) is 0 Å². The molecule has 37 heavy (non-hydrogen) atoms. The summed E-state index contributed by atoms with van der Waals surface area (Å²) in [4.78, 5) is 30.4. The normalized spacial score (nSPS) is 27.7. The second-order valence-electron chi connectivity index (χ2n) is 10.8. The zero-order valence-electron chi connectivity index (χ0n) is 22.1. The summed E-state index contributed by atoms with van der Waals surface area (Å²) in [5.41, 5.74) is 2.92. The Morgan fingerprint density at radius 3 is 2.65 bits per heavy atom. The van der Waals surface area contributed by atoms with Crippen LogP contribution in [-0.4, -0.2) is 53.4 Å². The number of piperidine rings is 1. The predicted molar refractivity (Wildman–Crippen MR) is 141 cm³/mol. The summed E-state index contributed by atoms with van der Waals surface area (Å²) in [5.74, 6) is 0.241. The maximum atomic E-state index is 12.8. The Bertz CT molecular complexity index is 1330. The fraction of sp³-hybridized carbons (Fsp3) is 0.467. The smallest absolute Gasteiger partial charge is 0.343 e. The summed E-state index contributed by atoms with van der Waals surface area (Å²) < 4.78 is 10.5. The number of aromatic amines is 1. The van der Waals surface area contributed by atoms with Gasteiger partial charge >= 0.3 is 5.97 Å². The molecule has 0 spiro atoms. The minimum atomic E-state index is -1.14. The number of carbonyl (C=O) groups excluding carboxylic acids is 1. The van der Waals surface area contributed by atoms with E-state index in [9.17, 15) is 14.7 Å². The van der Waals surface area contributed by atoms with Gasteiger partial charge in [-0.25, -0.2) is 4.79 Å². The van der Waals surface area contributed by atoms with Crippen molar-refractivity contribution >= 4 is 5.97 Å². The Morgan fingerprint density at radius 2 is 1.95 bits per heavy atom. The molecule has 1 aliphatic heterocycles. The van der Waals surface area contributed by atoms with Crippen LogP contribution >= 0.6 is 0 Å². The Kier molecular flexibility index (Phi) is 6.62. The third-order valence-corrected chi connectivity index (χ3v) is 8.97. The van der Waals surface area contributed by atoms with Gasteiger partial charge < -0.3 is 19.6 Å². The molecule has 1 aromatic heterocycles. The van der Waals surface area contributed by atoms with E-state index in [-0.39, 0.29) is 11.6 Å². The van der Waals surface area contributed by atoms with Crippen molar-refractivity contribution in [1.82, 2.24) is 9.88 Å². The number of nitrogens with one attached hydrogen (secondary N) is 1. The molecule has 0 bridgehead atoms. The van der Waals surface area contributed by atoms with Gasteiger partial charge in [0.2, 0.25) is 0 Å². The highest BCUT2D eigenvalue weighted by Gasteiger charge is 2.61. The number of carbonyl (C=O) groups is 1. The summed E-state index contributed by atoms with van der Waals surface area (Å²) in [6.45, 7) is 5.80. The number of methoxy groups -OCH3 is 2. The number of hydrogen-bond acceptors (Lipinski definition) is 6. The first-order chi connectivity index (χ1) is 17.7. The molecule has 0 radical (unpaired) electrons. The molecule has 1 aromatic carbocycles. The van der Waals surface area contributed by atoms with Crippen molar-refractivity contribution in [1.29, 1.82) is 0 Å². The van der Waals surface area contributed by atoms with Gasteiger partial charge in [-0.2, -0.15) is 0 Å². The summed E-state index contributed by atoms with van der Waals surface area (Å²) >= 11 is 0. The van der Waals surface area contributed by atoms with Crippen LogP contribution in [0.5, 0.6) is 0 Å². The SMILES string of the molecule is COC(=O)c1cc2c([nH]c1=O)CC1(C3=C(C)CCC(OC)=C3)CCN(Cc3ccccc3)C(C)C1(O)C2. The average Bonchev–Trinajstić information content (AvgIpc) is 2.90. The number of ether oxygens (including phenoxy) is 2. The lowest BCUT2D eigenvalue weighted by Crippen LogP contribution is -2.69. The third-order valence-electron chi connectivity index (χ3n) is 8.97. The number of allylic oxidation sites excluding steroid dienone is 3. The molecule has 196 valence electrons. The quantitative estimate of drug-likeness (QED) is 0.600. The minimum Gasteiger partial charge on any atom is -0.501 e. The van der Waals surface area contributed by atoms with Crippen LogP contribution in [0.1, 0.15) is 60.3 Å². The highest BCUT2D eigenvalue weighted by Crippen LogP contribution is 2.57. The van der Waals surface area contributed by atoms with Crippen LogP contribution in [0.15, 0.2) is 64.2 Å². The van der Waals surface area contributed by atoms with E-state index in [1.807, 2.05) is 18.2 Å². The van der Waals surface area contributed by atoms with Gasteiger partial charge in [0.15, 0.2) is 0 Å². The topological polar surface area (TPSA) is 91.9 Å². The third kappa shape index (κ3) is 4.14. The summed E-state index contributed by atoms with van der Waals surface area (Å²) in [7, 11) is 2.96. The lowest BCUT2D eigenvalue weighted by molar-refractivity contribution is -0.160. The number of aliphatic hydroxyl groups is 1. The molecule has 3 aliphatic rings. The molecule has 2 aromatic rings. The second kappa shape index (κ2) is 9.62. The van der Waals surface area contributed by atoms with Gasteiger partial charge in [-0.15, -0.1) is 0 Å². The molecule has 3 unspecified atom stereocenters. The zero-order valence-corrected chi connectivity index (χ0v) is 22.1. The van der Waals surface area contributed by atoms with Gasteiger partial charge in [0.25, 0.3) is 5.56 Å². The number of fused-ring (bicyclic) bond motifs is 2. The van der Waals surface area contributed by atoms with Gasteiger partial charge in [-0.1, -0.05) is 35.9 Å². The van der Waals surface area contributed by atoms with Crippen molar-refractivity contribution in [3.63, 3.8) is 0 Å². The Hall–Kier alpha value is -3.16. The fourth-order valence-corrected chi connectivity index (χ4v) is 6.79. The lowest BCUT2D eigenvalue weighted by atomic mass is 9.52. The zero-order chi connectivity index (χ0) is 26.4. The van der Waals surface area contributed by atoms with Crippen LogP contribution in [0.4, 0.5) is 0 Å². The molecule has 2 N–H and O–H groups in total. The van der Waals surface area contributed by atoms with E-state index in [4.69, 9.17) is 9.47 Å². The summed E-state index contributed by atoms with van der Waals surface area (Å²) in [6, 6.07) is 11.8. The van der Waals surface area contributed by atoms with E-state index in [2.05, 4.69) is 41.9 Å². The van der Waals surface area contributed by atoms with E-state index in [1.54, 1.807) is 13.2 Å². The molecule has 2 heterocycles. The number of H-pyrrole nitrogens is 1. The number of esters is 1. The highest BCUT2D eigenvalue weighted by molar-refractivity contribution is 5.89. The van der Waals surface area contributed by atoms with Crippen LogP contribution in [0, 0.1) is 5.41 Å². The highest BCUT2D eigenvalue weighted by atomic mass is 16.5. The summed E-state index contributed by atoms with van der Waals surface area (Å²) in [6.07, 6.45) is 5.38. The van der Waals surface area contributed by atoms with Crippen LogP contribution in [0.2, 0.25) is 0 Å². The molecule has 5 rings (SSSR count). The first-order valence-electron chi connectivity index (χ1n) is 13.0. The largest absolute Gasteiger partial charge is 0.501 e. The number of nitrogens with zero attached hydrogens (tertiary/aromatic N) is 1. The van der Waals surface area contributed by atoms with Gasteiger partial charge in [0.05, 0.1) is 25.6 Å². The fourth-order valence-electron chi connectivity index (χ4n) is 6.79. The van der Waals surface area contributed by atoms with Gasteiger partial charge in [-0.05, 0) is 62.1 Å². The molecule has 7 heteroatoms. The number of pyridine rings is 1. The maximum absolute atomic E-state index is 12.8. The van der Waals surface area contributed by atoms with Gasteiger partial charge in [0, 0.05) is 43.0 Å². The number of hydrogen-bond donors (Lipinski definition) is 2. The van der Waals surface area contributed by atoms with E-state index in [1.165, 1.54) is 18.2 Å². The standard InChI is InChI=1S/C30H36N2O5/c1-19-10-11-23(36-3)15-25(19)29-12-13-32(18-21-8-6-5-7-9-21)20(2)30(29,35)16-22-14-24(28(34)37-4)27(33)31-26(22)17-29/h5-9,14-15,20,35H,10-13,16-18H2,1-4H3,(H,31,33). The Morgan fingerprint density at radius 1 is 1.19 bits per heavy atom. The van der Waals surface area contributed by atoms with Crippen LogP contribution in [0.25, 0.3) is 0 Å². The first-order valence-corrected chi connectivity index (χ1v) is 13.0. The Balaban J connectivity index is 1.65. The molecule has 0 amide bonds. The lowest BCUT2D eigenvalue weighted by Gasteiger charge is -2.61. The average molecular weight is 505 g/mol. The molecule has 1 saturated heterocycles. The molecular formula is C30H36N2O5. The van der Waals surface area contributed by atoms with E-state index in [0.29, 0.717) is 12.8 Å². The van der Waals surface area contributed by atoms with Crippen molar-refractivity contribution in [2.75, 3.05) is 20.8 Å². The maximum Gasteiger partial charge on any atom is 0.343 e. The molecule has 2 aliphatic carbocycles. The van der Waals surface area contributed by atoms with Crippen LogP contribution in [-0.2, 0) is 28.9 Å². The van der Waals surface area contributed by atoms with E-state index in [0.717, 1.165) is 54.9 Å². The van der Waals surface area contributed by atoms with Crippen molar-refractivity contribution in [3.8, 4) is 0 Å². The molecule has 1 fully saturated rings. The second-order valence-corrected chi connectivity index (χ2v) is 10.8. The summed E-state index contributed by atoms with van der Waals surface area (Å²) in [5, 5.41) is 12.8. The monoisotopic (exact) mass is 504 g/mol. The number of rotatable bonds is 5. The minimum absolute atomic E-state index is 0.0309. The number of benzene rings is 1. The van der Waals surface area contributed by atoms with Crippen molar-refractivity contribution < 1.29 is 19.4 Å². The van der Waals surface area contributed by atoms with Gasteiger partial charge in [0.1, 0.15) is 5.56 Å².